The fraction of sp³-hybridized carbons (Fsp3) is 0.364. The number of rotatable bonds is 6. The van der Waals surface area contributed by atoms with Gasteiger partial charge in [0.05, 0.1) is 12.2 Å². The summed E-state index contributed by atoms with van der Waals surface area (Å²) in [6.07, 6.45) is 3.99. The minimum atomic E-state index is 0.136. The lowest BCUT2D eigenvalue weighted by atomic mass is 9.99. The van der Waals surface area contributed by atoms with Crippen molar-refractivity contribution < 1.29 is 4.79 Å². The molecule has 1 aromatic carbocycles. The lowest BCUT2D eigenvalue weighted by Gasteiger charge is -2.14. The Bertz CT molecular complexity index is 891. The second kappa shape index (κ2) is 7.22. The van der Waals surface area contributed by atoms with Gasteiger partial charge in [0.25, 0.3) is 0 Å². The molecule has 3 nitrogen and oxygen atoms in total. The van der Waals surface area contributed by atoms with Crippen LogP contribution >= 0.6 is 0 Å². The van der Waals surface area contributed by atoms with E-state index >= 15 is 0 Å². The molecule has 0 aliphatic rings. The Labute approximate surface area is 149 Å². The first-order valence-corrected chi connectivity index (χ1v) is 9.08. The quantitative estimate of drug-likeness (QED) is 0.569. The van der Waals surface area contributed by atoms with Gasteiger partial charge in [-0.15, -0.1) is 0 Å². The molecule has 2 aromatic heterocycles. The van der Waals surface area contributed by atoms with E-state index in [0.717, 1.165) is 40.7 Å². The van der Waals surface area contributed by atoms with Crippen LogP contribution in [0.4, 0.5) is 0 Å². The molecule has 3 aromatic rings. The van der Waals surface area contributed by atoms with Crippen LogP contribution < -0.4 is 0 Å². The zero-order valence-electron chi connectivity index (χ0n) is 15.5. The van der Waals surface area contributed by atoms with Gasteiger partial charge in [0, 0.05) is 28.4 Å². The highest BCUT2D eigenvalue weighted by Gasteiger charge is 2.22. The van der Waals surface area contributed by atoms with Crippen LogP contribution in [0, 0.1) is 0 Å². The molecule has 2 heterocycles. The van der Waals surface area contributed by atoms with E-state index in [-0.39, 0.29) is 11.7 Å². The second-order valence-electron chi connectivity index (χ2n) is 6.98. The van der Waals surface area contributed by atoms with Crippen LogP contribution in [0.2, 0.25) is 0 Å². The summed E-state index contributed by atoms with van der Waals surface area (Å²) in [6.45, 7) is 8.86. The van der Waals surface area contributed by atoms with Crippen LogP contribution in [0.15, 0.2) is 42.6 Å². The predicted molar refractivity (Wildman–Crippen MR) is 103 cm³/mol. The molecule has 0 unspecified atom stereocenters. The molecule has 0 N–H and O–H groups in total. The summed E-state index contributed by atoms with van der Waals surface area (Å²) in [5.41, 5.74) is 5.45. The maximum atomic E-state index is 12.4. The van der Waals surface area contributed by atoms with Gasteiger partial charge in [0.2, 0.25) is 0 Å². The van der Waals surface area contributed by atoms with Crippen LogP contribution in [0.3, 0.4) is 0 Å². The lowest BCUT2D eigenvalue weighted by molar-refractivity contribution is 0.101. The first-order chi connectivity index (χ1) is 12.0. The van der Waals surface area contributed by atoms with Crippen LogP contribution in [0.1, 0.15) is 67.3 Å². The summed E-state index contributed by atoms with van der Waals surface area (Å²) in [5.74, 6) is 0.404. The molecule has 0 bridgehead atoms. The number of ketones is 1. The predicted octanol–water partition coefficient (Wildman–Crippen LogP) is 5.36. The van der Waals surface area contributed by atoms with Crippen molar-refractivity contribution in [2.24, 2.45) is 0 Å². The fourth-order valence-corrected chi connectivity index (χ4v) is 3.65. The maximum Gasteiger partial charge on any atom is 0.162 e. The molecule has 0 amide bonds. The van der Waals surface area contributed by atoms with Crippen LogP contribution in [0.5, 0.6) is 0 Å². The molecule has 0 saturated heterocycles. The third-order valence-electron chi connectivity index (χ3n) is 4.65. The summed E-state index contributed by atoms with van der Waals surface area (Å²) in [7, 11) is 0. The number of aryl methyl sites for hydroxylation is 1. The van der Waals surface area contributed by atoms with Gasteiger partial charge in [0.1, 0.15) is 0 Å². The summed E-state index contributed by atoms with van der Waals surface area (Å²) in [6, 6.07) is 12.5. The Morgan fingerprint density at radius 1 is 1.20 bits per heavy atom. The number of carbonyl (C=O) groups excluding carboxylic acids is 1. The Hall–Kier alpha value is -2.42. The molecular formula is C22H26N2O. The summed E-state index contributed by atoms with van der Waals surface area (Å²) >= 11 is 0. The van der Waals surface area contributed by atoms with Crippen LogP contribution in [-0.4, -0.2) is 15.3 Å². The van der Waals surface area contributed by atoms with Crippen LogP contribution in [0.25, 0.3) is 10.9 Å². The normalized spacial score (nSPS) is 11.4. The van der Waals surface area contributed by atoms with E-state index in [2.05, 4.69) is 48.5 Å². The first kappa shape index (κ1) is 17.4. The van der Waals surface area contributed by atoms with Gasteiger partial charge in [-0.2, -0.15) is 0 Å². The van der Waals surface area contributed by atoms with Crippen molar-refractivity contribution in [2.75, 3.05) is 0 Å². The third kappa shape index (κ3) is 3.37. The van der Waals surface area contributed by atoms with Gasteiger partial charge in [-0.1, -0.05) is 45.4 Å². The van der Waals surface area contributed by atoms with Crippen molar-refractivity contribution >= 4 is 16.7 Å². The molecule has 0 saturated carbocycles. The van der Waals surface area contributed by atoms with Gasteiger partial charge < -0.3 is 4.57 Å². The number of hydrogen-bond acceptors (Lipinski definition) is 2. The average molecular weight is 334 g/mol. The largest absolute Gasteiger partial charge is 0.338 e. The molecule has 3 rings (SSSR count). The topological polar surface area (TPSA) is 34.9 Å². The number of benzene rings is 1. The number of fused-ring (bicyclic) bond motifs is 1. The molecule has 0 spiro atoms. The Kier molecular flexibility index (Phi) is 5.03. The van der Waals surface area contributed by atoms with Crippen molar-refractivity contribution in [3.05, 3.63) is 65.1 Å². The SMILES string of the molecule is CCCc1ccc2c(C(C)=O)c(C(C)C)n(Cc3ccccn3)c2c1. The molecule has 3 heteroatoms. The molecule has 0 aliphatic carbocycles. The van der Waals surface area contributed by atoms with Gasteiger partial charge in [-0.3, -0.25) is 9.78 Å². The zero-order chi connectivity index (χ0) is 18.0. The second-order valence-corrected chi connectivity index (χ2v) is 6.98. The Morgan fingerprint density at radius 2 is 2.00 bits per heavy atom. The Morgan fingerprint density at radius 3 is 2.60 bits per heavy atom. The molecular weight excluding hydrogens is 308 g/mol. The molecule has 0 radical (unpaired) electrons. The smallest absolute Gasteiger partial charge is 0.162 e. The van der Waals surface area contributed by atoms with E-state index in [1.165, 1.54) is 5.56 Å². The summed E-state index contributed by atoms with van der Waals surface area (Å²) < 4.78 is 2.29. The number of Topliss-reactive ketones (excluding diaryl/α,β-unsaturated/α-hetero) is 1. The van der Waals surface area contributed by atoms with Crippen molar-refractivity contribution in [2.45, 2.75) is 53.0 Å². The Balaban J connectivity index is 2.27. The van der Waals surface area contributed by atoms with Gasteiger partial charge in [-0.05, 0) is 43.0 Å². The highest BCUT2D eigenvalue weighted by molar-refractivity contribution is 6.08. The number of pyridine rings is 1. The van der Waals surface area contributed by atoms with E-state index in [4.69, 9.17) is 0 Å². The molecule has 0 aliphatic heterocycles. The number of aromatic nitrogens is 2. The maximum absolute atomic E-state index is 12.4. The highest BCUT2D eigenvalue weighted by Crippen LogP contribution is 2.33. The molecule has 0 fully saturated rings. The zero-order valence-corrected chi connectivity index (χ0v) is 15.5. The molecule has 130 valence electrons. The lowest BCUT2D eigenvalue weighted by Crippen LogP contribution is -2.09. The van der Waals surface area contributed by atoms with Crippen molar-refractivity contribution in [1.29, 1.82) is 0 Å². The van der Waals surface area contributed by atoms with E-state index in [1.807, 2.05) is 24.4 Å². The van der Waals surface area contributed by atoms with E-state index < -0.39 is 0 Å². The number of nitrogens with zero attached hydrogens (tertiary/aromatic N) is 2. The minimum absolute atomic E-state index is 0.136. The van der Waals surface area contributed by atoms with Crippen molar-refractivity contribution in [3.8, 4) is 0 Å². The number of hydrogen-bond donors (Lipinski definition) is 0. The fourth-order valence-electron chi connectivity index (χ4n) is 3.65. The molecule has 25 heavy (non-hydrogen) atoms. The van der Waals surface area contributed by atoms with Crippen molar-refractivity contribution in [3.63, 3.8) is 0 Å². The standard InChI is InChI=1S/C22H26N2O/c1-5-8-17-10-11-19-20(13-17)24(14-18-9-6-7-12-23-18)22(15(2)3)21(19)16(4)25/h6-7,9-13,15H,5,8,14H2,1-4H3. The average Bonchev–Trinajstić information content (AvgIpc) is 2.90. The molecule has 0 atom stereocenters. The van der Waals surface area contributed by atoms with E-state index in [0.29, 0.717) is 6.54 Å². The third-order valence-corrected chi connectivity index (χ3v) is 4.65. The summed E-state index contributed by atoms with van der Waals surface area (Å²) in [5, 5.41) is 1.06. The van der Waals surface area contributed by atoms with Gasteiger partial charge in [0.15, 0.2) is 5.78 Å². The monoisotopic (exact) mass is 334 g/mol. The number of carbonyl (C=O) groups is 1. The van der Waals surface area contributed by atoms with Crippen molar-refractivity contribution in [1.82, 2.24) is 9.55 Å². The van der Waals surface area contributed by atoms with Crippen LogP contribution in [-0.2, 0) is 13.0 Å². The first-order valence-electron chi connectivity index (χ1n) is 9.08. The minimum Gasteiger partial charge on any atom is -0.338 e. The highest BCUT2D eigenvalue weighted by atomic mass is 16.1. The van der Waals surface area contributed by atoms with E-state index in [9.17, 15) is 4.79 Å². The van der Waals surface area contributed by atoms with E-state index in [1.54, 1.807) is 6.92 Å². The summed E-state index contributed by atoms with van der Waals surface area (Å²) in [4.78, 5) is 16.9. The van der Waals surface area contributed by atoms with Gasteiger partial charge in [-0.25, -0.2) is 0 Å². The van der Waals surface area contributed by atoms with Gasteiger partial charge >= 0.3 is 0 Å².